The van der Waals surface area contributed by atoms with Crippen LogP contribution in [0, 0.1) is 6.07 Å². The molecule has 0 saturated heterocycles. The van der Waals surface area contributed by atoms with Crippen molar-refractivity contribution in [2.45, 2.75) is 6.92 Å². The van der Waals surface area contributed by atoms with Crippen LogP contribution < -0.4 is 10.1 Å². The van der Waals surface area contributed by atoms with E-state index in [0.717, 1.165) is 0 Å². The summed E-state index contributed by atoms with van der Waals surface area (Å²) in [4.78, 5) is 11.2. The first kappa shape index (κ1) is 14.3. The summed E-state index contributed by atoms with van der Waals surface area (Å²) in [5.41, 5.74) is 0. The molecule has 1 N–H and O–H groups in total. The summed E-state index contributed by atoms with van der Waals surface area (Å²) in [6, 6.07) is 10.2. The van der Waals surface area contributed by atoms with Crippen LogP contribution in [-0.4, -0.2) is 39.1 Å². The molecule has 0 spiro atoms. The molecule has 1 aromatic carbocycles. The van der Waals surface area contributed by atoms with Gasteiger partial charge in [-0.05, 0) is 13.0 Å². The van der Waals surface area contributed by atoms with Crippen molar-refractivity contribution < 1.29 is 19.0 Å². The highest BCUT2D eigenvalue weighted by Gasteiger charge is 2.00. The van der Waals surface area contributed by atoms with Crippen molar-refractivity contribution in [1.29, 1.82) is 0 Å². The predicted molar refractivity (Wildman–Crippen MR) is 66.6 cm³/mol. The van der Waals surface area contributed by atoms with Crippen molar-refractivity contribution in [1.82, 2.24) is 5.32 Å². The van der Waals surface area contributed by atoms with Crippen molar-refractivity contribution in [2.24, 2.45) is 0 Å². The second-order valence-corrected chi connectivity index (χ2v) is 3.33. The highest BCUT2D eigenvalue weighted by Crippen LogP contribution is 2.06. The molecular formula is C13H18NO4. The molecule has 18 heavy (non-hydrogen) atoms. The first-order chi connectivity index (χ1) is 8.83. The zero-order chi connectivity index (χ0) is 13.1. The fourth-order valence-corrected chi connectivity index (χ4v) is 1.17. The molecule has 0 heterocycles. The van der Waals surface area contributed by atoms with Crippen LogP contribution in [0.5, 0.6) is 5.75 Å². The molecule has 0 aliphatic carbocycles. The van der Waals surface area contributed by atoms with Gasteiger partial charge in [-0.25, -0.2) is 4.79 Å². The van der Waals surface area contributed by atoms with Gasteiger partial charge in [-0.2, -0.15) is 0 Å². The maximum Gasteiger partial charge on any atom is 0.407 e. The molecule has 1 aromatic rings. The molecule has 0 saturated carbocycles. The summed E-state index contributed by atoms with van der Waals surface area (Å²) in [5, 5.41) is 2.57. The van der Waals surface area contributed by atoms with E-state index in [1.165, 1.54) is 0 Å². The average Bonchev–Trinajstić information content (AvgIpc) is 2.41. The van der Waals surface area contributed by atoms with Crippen molar-refractivity contribution in [3.8, 4) is 5.75 Å². The van der Waals surface area contributed by atoms with Gasteiger partial charge >= 0.3 is 6.09 Å². The van der Waals surface area contributed by atoms with Gasteiger partial charge in [-0.1, -0.05) is 18.2 Å². The van der Waals surface area contributed by atoms with Crippen molar-refractivity contribution in [3.05, 3.63) is 30.3 Å². The Balaban J connectivity index is 1.99. The fourth-order valence-electron chi connectivity index (χ4n) is 1.17. The van der Waals surface area contributed by atoms with Crippen molar-refractivity contribution >= 4 is 6.09 Å². The molecule has 1 radical (unpaired) electrons. The number of hydrogen-bond donors (Lipinski definition) is 1. The molecule has 1 rings (SSSR count). The molecule has 0 aliphatic heterocycles. The molecule has 0 bridgehead atoms. The third-order valence-electron chi connectivity index (χ3n) is 1.97. The van der Waals surface area contributed by atoms with Crippen molar-refractivity contribution in [2.75, 3.05) is 33.0 Å². The van der Waals surface area contributed by atoms with E-state index in [1.54, 1.807) is 12.1 Å². The second-order valence-electron chi connectivity index (χ2n) is 3.33. The number of ether oxygens (including phenoxy) is 3. The lowest BCUT2D eigenvalue weighted by atomic mass is 10.3. The van der Waals surface area contributed by atoms with E-state index >= 15 is 0 Å². The Morgan fingerprint density at radius 1 is 1.33 bits per heavy atom. The largest absolute Gasteiger partial charge is 0.489 e. The molecule has 0 atom stereocenters. The minimum atomic E-state index is -0.463. The Kier molecular flexibility index (Phi) is 7.39. The van der Waals surface area contributed by atoms with E-state index in [9.17, 15) is 4.79 Å². The standard InChI is InChI=1S/C13H18NO4/c1-2-16-9-8-14-13(15)18-11-10-17-12-6-4-3-5-7-12/h3-6H,2,8-11H2,1H3,(H,14,15). The average molecular weight is 252 g/mol. The van der Waals surface area contributed by atoms with Crippen LogP contribution in [0.25, 0.3) is 0 Å². The Bertz CT molecular complexity index is 329. The lowest BCUT2D eigenvalue weighted by Gasteiger charge is -2.08. The maximum absolute atomic E-state index is 11.2. The first-order valence-electron chi connectivity index (χ1n) is 5.91. The molecule has 0 unspecified atom stereocenters. The number of carbonyl (C=O) groups is 1. The van der Waals surface area contributed by atoms with E-state index < -0.39 is 6.09 Å². The molecule has 0 aliphatic rings. The van der Waals surface area contributed by atoms with Gasteiger partial charge in [0.1, 0.15) is 19.0 Å². The number of carbonyl (C=O) groups excluding carboxylic acids is 1. The third-order valence-corrected chi connectivity index (χ3v) is 1.97. The minimum absolute atomic E-state index is 0.198. The van der Waals surface area contributed by atoms with Gasteiger partial charge in [-0.3, -0.25) is 0 Å². The van der Waals surface area contributed by atoms with E-state index in [2.05, 4.69) is 11.4 Å². The normalized spacial score (nSPS) is 9.83. The van der Waals surface area contributed by atoms with Crippen LogP contribution in [0.2, 0.25) is 0 Å². The van der Waals surface area contributed by atoms with E-state index in [1.807, 2.05) is 19.1 Å². The van der Waals surface area contributed by atoms with Gasteiger partial charge in [0.15, 0.2) is 0 Å². The summed E-state index contributed by atoms with van der Waals surface area (Å²) in [6.45, 7) is 3.97. The zero-order valence-corrected chi connectivity index (χ0v) is 10.5. The Morgan fingerprint density at radius 3 is 2.94 bits per heavy atom. The van der Waals surface area contributed by atoms with Crippen LogP contribution in [0.4, 0.5) is 4.79 Å². The number of nitrogens with one attached hydrogen (secondary N) is 1. The van der Waals surface area contributed by atoms with E-state index in [-0.39, 0.29) is 6.61 Å². The molecule has 0 aromatic heterocycles. The third kappa shape index (κ3) is 6.75. The monoisotopic (exact) mass is 252 g/mol. The maximum atomic E-state index is 11.2. The van der Waals surface area contributed by atoms with Gasteiger partial charge in [0.25, 0.3) is 0 Å². The van der Waals surface area contributed by atoms with Gasteiger partial charge in [0.2, 0.25) is 0 Å². The smallest absolute Gasteiger partial charge is 0.407 e. The number of hydrogen-bond acceptors (Lipinski definition) is 4. The number of alkyl carbamates (subject to hydrolysis) is 1. The van der Waals surface area contributed by atoms with Crippen molar-refractivity contribution in [3.63, 3.8) is 0 Å². The molecular weight excluding hydrogens is 234 g/mol. The highest BCUT2D eigenvalue weighted by molar-refractivity contribution is 5.67. The molecule has 5 nitrogen and oxygen atoms in total. The van der Waals surface area contributed by atoms with Crippen LogP contribution >= 0.6 is 0 Å². The lowest BCUT2D eigenvalue weighted by Crippen LogP contribution is -2.29. The molecule has 0 fully saturated rings. The van der Waals surface area contributed by atoms with E-state index in [0.29, 0.717) is 32.1 Å². The number of rotatable bonds is 8. The van der Waals surface area contributed by atoms with Gasteiger partial charge in [-0.15, -0.1) is 0 Å². The first-order valence-corrected chi connectivity index (χ1v) is 5.91. The Morgan fingerprint density at radius 2 is 2.22 bits per heavy atom. The Hall–Kier alpha value is -1.75. The van der Waals surface area contributed by atoms with Gasteiger partial charge in [0, 0.05) is 19.2 Å². The van der Waals surface area contributed by atoms with Crippen LogP contribution in [-0.2, 0) is 9.47 Å². The number of benzene rings is 1. The lowest BCUT2D eigenvalue weighted by molar-refractivity contribution is 0.115. The summed E-state index contributed by atoms with van der Waals surface area (Å²) in [5.74, 6) is 0.637. The van der Waals surface area contributed by atoms with Gasteiger partial charge in [0.05, 0.1) is 6.61 Å². The number of amides is 1. The number of para-hydroxylation sites is 1. The molecule has 99 valence electrons. The summed E-state index contributed by atoms with van der Waals surface area (Å²) in [7, 11) is 0. The molecule has 1 amide bonds. The molecule has 5 heteroatoms. The zero-order valence-electron chi connectivity index (χ0n) is 10.5. The summed E-state index contributed by atoms with van der Waals surface area (Å²) >= 11 is 0. The summed E-state index contributed by atoms with van der Waals surface area (Å²) in [6.07, 6.45) is -0.463. The predicted octanol–water partition coefficient (Wildman–Crippen LogP) is 1.63. The topological polar surface area (TPSA) is 56.8 Å². The SMILES string of the molecule is CCOCCNC(=O)OCCOc1[c]cccc1. The van der Waals surface area contributed by atoms with Crippen LogP contribution in [0.1, 0.15) is 6.92 Å². The minimum Gasteiger partial charge on any atom is -0.489 e. The summed E-state index contributed by atoms with van der Waals surface area (Å²) < 4.78 is 15.3. The van der Waals surface area contributed by atoms with Gasteiger partial charge < -0.3 is 19.5 Å². The van der Waals surface area contributed by atoms with Crippen LogP contribution in [0.15, 0.2) is 24.3 Å². The van der Waals surface area contributed by atoms with E-state index in [4.69, 9.17) is 14.2 Å². The Labute approximate surface area is 107 Å². The highest BCUT2D eigenvalue weighted by atomic mass is 16.6. The quantitative estimate of drug-likeness (QED) is 0.714. The van der Waals surface area contributed by atoms with Crippen LogP contribution in [0.3, 0.4) is 0 Å². The second kappa shape index (κ2) is 9.30. The fraction of sp³-hybridized carbons (Fsp3) is 0.462.